The van der Waals surface area contributed by atoms with E-state index in [-0.39, 0.29) is 6.03 Å². The first-order valence-electron chi connectivity index (χ1n) is 9.77. The van der Waals surface area contributed by atoms with Crippen LogP contribution in [-0.2, 0) is 0 Å². The van der Waals surface area contributed by atoms with Crippen molar-refractivity contribution < 1.29 is 9.59 Å². The first-order chi connectivity index (χ1) is 14.7. The van der Waals surface area contributed by atoms with Crippen molar-refractivity contribution >= 4 is 57.4 Å². The van der Waals surface area contributed by atoms with E-state index < -0.39 is 17.7 Å². The van der Waals surface area contributed by atoms with Gasteiger partial charge in [-0.05, 0) is 43.5 Å². The van der Waals surface area contributed by atoms with Gasteiger partial charge in [-0.2, -0.15) is 0 Å². The van der Waals surface area contributed by atoms with Crippen LogP contribution in [0.3, 0.4) is 0 Å². The summed E-state index contributed by atoms with van der Waals surface area (Å²) >= 11 is 12.0. The largest absolute Gasteiger partial charge is 0.326 e. The molecule has 0 aromatic heterocycles. The molecule has 8 heteroatoms. The molecule has 0 aliphatic carbocycles. The molecule has 1 aliphatic heterocycles. The fourth-order valence-corrected chi connectivity index (χ4v) is 4.08. The van der Waals surface area contributed by atoms with E-state index in [2.05, 4.69) is 10.6 Å². The molecule has 0 saturated carbocycles. The van der Waals surface area contributed by atoms with E-state index in [1.165, 1.54) is 0 Å². The van der Waals surface area contributed by atoms with Gasteiger partial charge in [-0.3, -0.25) is 4.90 Å². The molecular weight excluding hydrogens is 435 g/mol. The van der Waals surface area contributed by atoms with Gasteiger partial charge in [-0.15, -0.1) is 0 Å². The molecule has 4 amide bonds. The summed E-state index contributed by atoms with van der Waals surface area (Å²) in [6.45, 7) is 3.83. The summed E-state index contributed by atoms with van der Waals surface area (Å²) in [5, 5.41) is 8.41. The molecule has 3 aromatic carbocycles. The minimum Gasteiger partial charge on any atom is -0.318 e. The van der Waals surface area contributed by atoms with E-state index >= 15 is 0 Å². The number of rotatable bonds is 3. The molecule has 1 fully saturated rings. The second kappa shape index (κ2) is 7.94. The monoisotopic (exact) mass is 456 g/mol. The van der Waals surface area contributed by atoms with Crippen LogP contribution in [0.25, 0.3) is 10.8 Å². The lowest BCUT2D eigenvalue weighted by atomic mass is 10.00. The van der Waals surface area contributed by atoms with E-state index in [1.807, 2.05) is 56.3 Å². The number of hydrogen-bond acceptors (Lipinski definition) is 2. The average Bonchev–Trinajstić information content (AvgIpc) is 2.90. The summed E-state index contributed by atoms with van der Waals surface area (Å²) < 4.78 is 0. The molecule has 1 atom stereocenters. The van der Waals surface area contributed by atoms with Crippen LogP contribution >= 0.6 is 23.2 Å². The number of fused-ring (bicyclic) bond motifs is 1. The second-order valence-corrected chi connectivity index (χ2v) is 8.81. The van der Waals surface area contributed by atoms with Gasteiger partial charge in [0.05, 0.1) is 21.3 Å². The Morgan fingerprint density at radius 2 is 1.71 bits per heavy atom. The van der Waals surface area contributed by atoms with Crippen molar-refractivity contribution in [2.45, 2.75) is 25.6 Å². The Hall–Kier alpha value is -2.96. The van der Waals surface area contributed by atoms with Crippen molar-refractivity contribution in [1.82, 2.24) is 10.2 Å². The Morgan fingerprint density at radius 1 is 1.00 bits per heavy atom. The predicted molar refractivity (Wildman–Crippen MR) is 126 cm³/mol. The van der Waals surface area contributed by atoms with Crippen molar-refractivity contribution in [3.8, 4) is 0 Å². The fraction of sp³-hybridized carbons (Fsp3) is 0.217. The first kappa shape index (κ1) is 21.3. The minimum atomic E-state index is -0.664. The number of benzene rings is 3. The number of halogens is 2. The van der Waals surface area contributed by atoms with Crippen LogP contribution < -0.4 is 15.5 Å². The highest BCUT2D eigenvalue weighted by atomic mass is 35.5. The van der Waals surface area contributed by atoms with Gasteiger partial charge >= 0.3 is 12.1 Å². The smallest absolute Gasteiger partial charge is 0.318 e. The number of nitrogens with one attached hydrogen (secondary N) is 2. The Bertz CT molecular complexity index is 1180. The second-order valence-electron chi connectivity index (χ2n) is 7.99. The SMILES string of the molecule is CN1C(=O)N(c2cccc3ccccc23)[C@H](NC(=O)Nc2ccc(Cl)c(Cl)c2)C1(C)C. The fourth-order valence-electron chi connectivity index (χ4n) is 3.78. The van der Waals surface area contributed by atoms with E-state index in [4.69, 9.17) is 23.2 Å². The molecule has 4 rings (SSSR count). The molecule has 0 unspecified atom stereocenters. The maximum atomic E-state index is 13.2. The van der Waals surface area contributed by atoms with Crippen LogP contribution in [0.2, 0.25) is 10.0 Å². The van der Waals surface area contributed by atoms with Crippen molar-refractivity contribution in [3.63, 3.8) is 0 Å². The topological polar surface area (TPSA) is 64.7 Å². The Balaban J connectivity index is 1.68. The molecule has 0 spiro atoms. The van der Waals surface area contributed by atoms with Crippen LogP contribution in [0.4, 0.5) is 21.0 Å². The molecule has 31 heavy (non-hydrogen) atoms. The van der Waals surface area contributed by atoms with Gasteiger partial charge < -0.3 is 15.5 Å². The Labute approximate surface area is 190 Å². The number of urea groups is 2. The van der Waals surface area contributed by atoms with E-state index in [9.17, 15) is 9.59 Å². The Kier molecular flexibility index (Phi) is 5.45. The van der Waals surface area contributed by atoms with Gasteiger partial charge in [0.15, 0.2) is 0 Å². The maximum Gasteiger partial charge on any atom is 0.326 e. The molecule has 1 heterocycles. The molecule has 2 N–H and O–H groups in total. The highest BCUT2D eigenvalue weighted by Gasteiger charge is 2.51. The number of nitrogens with zero attached hydrogens (tertiary/aromatic N) is 2. The highest BCUT2D eigenvalue weighted by Crippen LogP contribution is 2.37. The normalized spacial score (nSPS) is 17.8. The number of anilines is 2. The lowest BCUT2D eigenvalue weighted by Gasteiger charge is -2.34. The number of hydrogen-bond donors (Lipinski definition) is 2. The van der Waals surface area contributed by atoms with Crippen LogP contribution in [0.1, 0.15) is 13.8 Å². The van der Waals surface area contributed by atoms with Crippen molar-refractivity contribution in [2.24, 2.45) is 0 Å². The van der Waals surface area contributed by atoms with Gasteiger partial charge in [0.2, 0.25) is 0 Å². The average molecular weight is 457 g/mol. The van der Waals surface area contributed by atoms with Gasteiger partial charge in [-0.25, -0.2) is 9.59 Å². The summed E-state index contributed by atoms with van der Waals surface area (Å²) in [5.41, 5.74) is 0.572. The minimum absolute atomic E-state index is 0.193. The third kappa shape index (κ3) is 3.77. The zero-order valence-corrected chi connectivity index (χ0v) is 18.8. The molecule has 0 bridgehead atoms. The predicted octanol–water partition coefficient (Wildman–Crippen LogP) is 5.94. The molecular formula is C23H22Cl2N4O2. The number of carbonyl (C=O) groups excluding carboxylic acids is 2. The third-order valence-corrected chi connectivity index (χ3v) is 6.50. The lowest BCUT2D eigenvalue weighted by molar-refractivity contribution is 0.180. The maximum absolute atomic E-state index is 13.2. The van der Waals surface area contributed by atoms with Gasteiger partial charge in [0, 0.05) is 18.1 Å². The van der Waals surface area contributed by atoms with Crippen LogP contribution in [0.5, 0.6) is 0 Å². The number of amides is 4. The molecule has 3 aromatic rings. The zero-order valence-electron chi connectivity index (χ0n) is 17.3. The van der Waals surface area contributed by atoms with Crippen LogP contribution in [0.15, 0.2) is 60.7 Å². The molecule has 6 nitrogen and oxygen atoms in total. The zero-order chi connectivity index (χ0) is 22.3. The van der Waals surface area contributed by atoms with E-state index in [1.54, 1.807) is 35.0 Å². The quantitative estimate of drug-likeness (QED) is 0.511. The number of carbonyl (C=O) groups is 2. The van der Waals surface area contributed by atoms with Gasteiger partial charge in [-0.1, -0.05) is 59.6 Å². The molecule has 1 aliphatic rings. The standard InChI is InChI=1S/C23H22Cl2N4O2/c1-23(2)20(27-21(30)26-15-11-12-17(24)18(25)13-15)29(22(31)28(23)3)19-10-6-8-14-7-4-5-9-16(14)19/h4-13,20H,1-3H3,(H2,26,27,30)/t20-/m0/s1. The molecule has 1 saturated heterocycles. The summed E-state index contributed by atoms with van der Waals surface area (Å²) in [7, 11) is 1.74. The lowest BCUT2D eigenvalue weighted by Crippen LogP contribution is -2.56. The van der Waals surface area contributed by atoms with Crippen molar-refractivity contribution in [3.05, 3.63) is 70.7 Å². The first-order valence-corrected chi connectivity index (χ1v) is 10.5. The Morgan fingerprint density at radius 3 is 2.45 bits per heavy atom. The number of likely N-dealkylation sites (N-methyl/N-ethyl adjacent to an activating group) is 1. The van der Waals surface area contributed by atoms with Crippen LogP contribution in [-0.4, -0.2) is 35.7 Å². The van der Waals surface area contributed by atoms with Crippen LogP contribution in [0, 0.1) is 0 Å². The van der Waals surface area contributed by atoms with Crippen molar-refractivity contribution in [2.75, 3.05) is 17.3 Å². The van der Waals surface area contributed by atoms with Gasteiger partial charge in [0.1, 0.15) is 6.17 Å². The third-order valence-electron chi connectivity index (χ3n) is 5.76. The summed E-state index contributed by atoms with van der Waals surface area (Å²) in [6, 6.07) is 17.8. The molecule has 0 radical (unpaired) electrons. The summed E-state index contributed by atoms with van der Waals surface area (Å²) in [6.07, 6.45) is -0.612. The van der Waals surface area contributed by atoms with E-state index in [0.29, 0.717) is 15.7 Å². The van der Waals surface area contributed by atoms with Gasteiger partial charge in [0.25, 0.3) is 0 Å². The highest BCUT2D eigenvalue weighted by molar-refractivity contribution is 6.42. The summed E-state index contributed by atoms with van der Waals surface area (Å²) in [4.78, 5) is 29.4. The summed E-state index contributed by atoms with van der Waals surface area (Å²) in [5.74, 6) is 0. The van der Waals surface area contributed by atoms with Crippen molar-refractivity contribution in [1.29, 1.82) is 0 Å². The molecule has 160 valence electrons. The van der Waals surface area contributed by atoms with E-state index in [0.717, 1.165) is 16.5 Å².